The van der Waals surface area contributed by atoms with Gasteiger partial charge < -0.3 is 10.4 Å². The zero-order chi connectivity index (χ0) is 9.31. The molecule has 1 aliphatic heterocycles. The Labute approximate surface area is 75.6 Å². The van der Waals surface area contributed by atoms with Crippen molar-refractivity contribution in [2.24, 2.45) is 0 Å². The van der Waals surface area contributed by atoms with Gasteiger partial charge in [0, 0.05) is 25.7 Å². The van der Waals surface area contributed by atoms with Gasteiger partial charge in [-0.2, -0.15) is 0 Å². The number of hydrogen-bond acceptors (Lipinski definition) is 3. The maximum Gasteiger partial charge on any atom is 0.141 e. The smallest absolute Gasteiger partial charge is 0.141 e. The minimum Gasteiger partial charge on any atom is -0.387 e. The highest BCUT2D eigenvalue weighted by molar-refractivity contribution is 5.15. The van der Waals surface area contributed by atoms with Gasteiger partial charge in [0.15, 0.2) is 0 Å². The number of nitrogens with one attached hydrogen (secondary N) is 1. The summed E-state index contributed by atoms with van der Waals surface area (Å²) in [6, 6.07) is 1.41. The number of aromatic nitrogens is 1. The van der Waals surface area contributed by atoms with Gasteiger partial charge in [0.05, 0.1) is 11.8 Å². The van der Waals surface area contributed by atoms with Crippen LogP contribution in [-0.4, -0.2) is 28.8 Å². The van der Waals surface area contributed by atoms with Crippen LogP contribution in [-0.2, 0) is 6.42 Å². The Morgan fingerprint density at radius 2 is 2.31 bits per heavy atom. The third kappa shape index (κ3) is 1.84. The Morgan fingerprint density at radius 3 is 2.85 bits per heavy atom. The standard InChI is InChI=1S/C9H11FN2O/c10-8-1-7(3-11-4-8)2-9(13)5-12-6-9/h1,3-4,12-13H,2,5-6H2. The van der Waals surface area contributed by atoms with E-state index in [2.05, 4.69) is 10.3 Å². The van der Waals surface area contributed by atoms with Crippen molar-refractivity contribution in [2.45, 2.75) is 12.0 Å². The van der Waals surface area contributed by atoms with E-state index in [0.717, 1.165) is 11.8 Å². The molecule has 70 valence electrons. The van der Waals surface area contributed by atoms with Crippen molar-refractivity contribution in [2.75, 3.05) is 13.1 Å². The van der Waals surface area contributed by atoms with Crippen molar-refractivity contribution in [1.29, 1.82) is 0 Å². The zero-order valence-electron chi connectivity index (χ0n) is 7.13. The molecule has 0 saturated carbocycles. The Kier molecular flexibility index (Phi) is 2.01. The number of aliphatic hydroxyl groups is 1. The SMILES string of the molecule is OC1(Cc2cncc(F)c2)CNC1. The molecule has 3 nitrogen and oxygen atoms in total. The van der Waals surface area contributed by atoms with Crippen molar-refractivity contribution >= 4 is 0 Å². The van der Waals surface area contributed by atoms with Crippen molar-refractivity contribution in [3.63, 3.8) is 0 Å². The normalized spacial score (nSPS) is 19.5. The molecule has 1 saturated heterocycles. The zero-order valence-corrected chi connectivity index (χ0v) is 7.13. The summed E-state index contributed by atoms with van der Waals surface area (Å²) in [7, 11) is 0. The van der Waals surface area contributed by atoms with Crippen LogP contribution in [0.2, 0.25) is 0 Å². The summed E-state index contributed by atoms with van der Waals surface area (Å²) in [6.45, 7) is 1.15. The van der Waals surface area contributed by atoms with E-state index < -0.39 is 5.60 Å². The van der Waals surface area contributed by atoms with Crippen LogP contribution in [0.15, 0.2) is 18.5 Å². The second kappa shape index (κ2) is 3.05. The highest BCUT2D eigenvalue weighted by Crippen LogP contribution is 2.17. The molecular formula is C9H11FN2O. The molecule has 0 unspecified atom stereocenters. The first kappa shape index (κ1) is 8.59. The molecule has 0 aliphatic carbocycles. The molecular weight excluding hydrogens is 171 g/mol. The molecule has 1 aromatic heterocycles. The molecule has 0 radical (unpaired) electrons. The summed E-state index contributed by atoms with van der Waals surface area (Å²) in [5.74, 6) is -0.353. The minimum atomic E-state index is -0.699. The Hall–Kier alpha value is -1.00. The lowest BCUT2D eigenvalue weighted by molar-refractivity contribution is -0.00912. The van der Waals surface area contributed by atoms with Crippen molar-refractivity contribution in [3.8, 4) is 0 Å². The van der Waals surface area contributed by atoms with Gasteiger partial charge in [-0.1, -0.05) is 0 Å². The fourth-order valence-electron chi connectivity index (χ4n) is 1.47. The van der Waals surface area contributed by atoms with Gasteiger partial charge in [-0.3, -0.25) is 4.98 Å². The second-order valence-corrected chi connectivity index (χ2v) is 3.52. The van der Waals surface area contributed by atoms with Gasteiger partial charge in [-0.05, 0) is 11.6 Å². The number of halogens is 1. The molecule has 2 rings (SSSR count). The Balaban J connectivity index is 2.09. The molecule has 0 spiro atoms. The van der Waals surface area contributed by atoms with E-state index in [4.69, 9.17) is 0 Å². The predicted molar refractivity (Wildman–Crippen MR) is 45.7 cm³/mol. The first-order valence-corrected chi connectivity index (χ1v) is 4.21. The summed E-state index contributed by atoms with van der Waals surface area (Å²) < 4.78 is 12.7. The Morgan fingerprint density at radius 1 is 1.54 bits per heavy atom. The maximum absolute atomic E-state index is 12.7. The second-order valence-electron chi connectivity index (χ2n) is 3.52. The molecule has 4 heteroatoms. The minimum absolute atomic E-state index is 0.353. The van der Waals surface area contributed by atoms with E-state index in [1.165, 1.54) is 6.07 Å². The van der Waals surface area contributed by atoms with Crippen molar-refractivity contribution in [1.82, 2.24) is 10.3 Å². The fourth-order valence-corrected chi connectivity index (χ4v) is 1.47. The van der Waals surface area contributed by atoms with Crippen LogP contribution in [0.3, 0.4) is 0 Å². The molecule has 1 fully saturated rings. The summed E-state index contributed by atoms with van der Waals surface area (Å²) in [4.78, 5) is 3.72. The van der Waals surface area contributed by atoms with Crippen LogP contribution in [0.1, 0.15) is 5.56 Å². The van der Waals surface area contributed by atoms with Crippen LogP contribution < -0.4 is 5.32 Å². The monoisotopic (exact) mass is 182 g/mol. The van der Waals surface area contributed by atoms with Gasteiger partial charge in [-0.25, -0.2) is 4.39 Å². The third-order valence-corrected chi connectivity index (χ3v) is 2.20. The average Bonchev–Trinajstić information content (AvgIpc) is 2.01. The summed E-state index contributed by atoms with van der Waals surface area (Å²) >= 11 is 0. The number of hydrogen-bond donors (Lipinski definition) is 2. The molecule has 0 amide bonds. The fraction of sp³-hybridized carbons (Fsp3) is 0.444. The summed E-state index contributed by atoms with van der Waals surface area (Å²) in [6.07, 6.45) is 3.21. The van der Waals surface area contributed by atoms with Gasteiger partial charge in [-0.15, -0.1) is 0 Å². The Bertz CT molecular complexity index is 312. The lowest BCUT2D eigenvalue weighted by Crippen LogP contribution is -2.60. The summed E-state index contributed by atoms with van der Waals surface area (Å²) in [5.41, 5.74) is 0.0409. The van der Waals surface area contributed by atoms with Crippen LogP contribution in [0.4, 0.5) is 4.39 Å². The van der Waals surface area contributed by atoms with Gasteiger partial charge in [0.2, 0.25) is 0 Å². The van der Waals surface area contributed by atoms with Crippen molar-refractivity contribution < 1.29 is 9.50 Å². The molecule has 2 heterocycles. The van der Waals surface area contributed by atoms with E-state index in [-0.39, 0.29) is 5.82 Å². The number of nitrogens with zero attached hydrogens (tertiary/aromatic N) is 1. The molecule has 1 aromatic rings. The topological polar surface area (TPSA) is 45.2 Å². The average molecular weight is 182 g/mol. The van der Waals surface area contributed by atoms with E-state index in [1.807, 2.05) is 0 Å². The molecule has 0 bridgehead atoms. The van der Waals surface area contributed by atoms with E-state index in [9.17, 15) is 9.50 Å². The van der Waals surface area contributed by atoms with Gasteiger partial charge in [0.25, 0.3) is 0 Å². The van der Waals surface area contributed by atoms with E-state index >= 15 is 0 Å². The molecule has 1 aliphatic rings. The van der Waals surface area contributed by atoms with Gasteiger partial charge >= 0.3 is 0 Å². The van der Waals surface area contributed by atoms with Crippen molar-refractivity contribution in [3.05, 3.63) is 29.8 Å². The molecule has 0 aromatic carbocycles. The number of β-amino-alcohol motifs (C(OH)–C–C–N with tert-alkyl or cyclic N) is 1. The molecule has 0 atom stereocenters. The first-order valence-electron chi connectivity index (χ1n) is 4.21. The molecule has 13 heavy (non-hydrogen) atoms. The quantitative estimate of drug-likeness (QED) is 0.681. The lowest BCUT2D eigenvalue weighted by Gasteiger charge is -2.37. The van der Waals surface area contributed by atoms with Crippen LogP contribution in [0.5, 0.6) is 0 Å². The highest BCUT2D eigenvalue weighted by Gasteiger charge is 2.34. The maximum atomic E-state index is 12.7. The largest absolute Gasteiger partial charge is 0.387 e. The third-order valence-electron chi connectivity index (χ3n) is 2.20. The molecule has 2 N–H and O–H groups in total. The number of pyridine rings is 1. The first-order chi connectivity index (χ1) is 6.18. The van der Waals surface area contributed by atoms with E-state index in [0.29, 0.717) is 19.5 Å². The predicted octanol–water partition coefficient (Wildman–Crippen LogP) is 0.0975. The van der Waals surface area contributed by atoms with Crippen LogP contribution >= 0.6 is 0 Å². The lowest BCUT2D eigenvalue weighted by atomic mass is 9.90. The highest BCUT2D eigenvalue weighted by atomic mass is 19.1. The van der Waals surface area contributed by atoms with Crippen LogP contribution in [0, 0.1) is 5.82 Å². The van der Waals surface area contributed by atoms with Gasteiger partial charge in [0.1, 0.15) is 5.82 Å². The van der Waals surface area contributed by atoms with E-state index in [1.54, 1.807) is 6.20 Å². The number of rotatable bonds is 2. The summed E-state index contributed by atoms with van der Waals surface area (Å²) in [5, 5.41) is 12.7. The van der Waals surface area contributed by atoms with Crippen LogP contribution in [0.25, 0.3) is 0 Å².